The maximum absolute atomic E-state index is 12.1. The second-order valence-electron chi connectivity index (χ2n) is 6.08. The highest BCUT2D eigenvalue weighted by Crippen LogP contribution is 2.08. The fraction of sp³-hybridized carbons (Fsp3) is 0.300. The summed E-state index contributed by atoms with van der Waals surface area (Å²) in [5.74, 6) is -1.27. The van der Waals surface area contributed by atoms with Crippen molar-refractivity contribution in [1.29, 1.82) is 0 Å². The van der Waals surface area contributed by atoms with Gasteiger partial charge in [-0.15, -0.1) is 0 Å². The van der Waals surface area contributed by atoms with Gasteiger partial charge in [-0.3, -0.25) is 14.8 Å². The van der Waals surface area contributed by atoms with E-state index < -0.39 is 11.8 Å². The van der Waals surface area contributed by atoms with E-state index in [2.05, 4.69) is 5.32 Å². The third kappa shape index (κ3) is 6.31. The van der Waals surface area contributed by atoms with Crippen molar-refractivity contribution >= 4 is 11.8 Å². The van der Waals surface area contributed by atoms with E-state index in [1.165, 1.54) is 0 Å². The molecule has 0 saturated heterocycles. The number of carbonyl (C=O) groups is 2. The van der Waals surface area contributed by atoms with Gasteiger partial charge in [-0.05, 0) is 31.0 Å². The first kappa shape index (κ1) is 19.6. The van der Waals surface area contributed by atoms with Crippen LogP contribution in [0, 0.1) is 12.8 Å². The van der Waals surface area contributed by atoms with Crippen LogP contribution < -0.4 is 10.8 Å². The Kier molecular flexibility index (Phi) is 7.79. The molecule has 2 rings (SSSR count). The molecule has 0 fully saturated rings. The van der Waals surface area contributed by atoms with Gasteiger partial charge in [0.25, 0.3) is 5.91 Å². The third-order valence-corrected chi connectivity index (χ3v) is 4.00. The van der Waals surface area contributed by atoms with Gasteiger partial charge in [-0.2, -0.15) is 0 Å². The standard InChI is InChI=1S/C20H24N2O4/c1-15-7-9-17(10-8-15)19(23)21-12-11-18(20(24)22-25)14-26-13-16-5-3-2-4-6-16/h2-10,18,25H,11-14H2,1H3,(H,21,23)(H,22,24). The van der Waals surface area contributed by atoms with Crippen molar-refractivity contribution in [3.63, 3.8) is 0 Å². The summed E-state index contributed by atoms with van der Waals surface area (Å²) in [7, 11) is 0. The average Bonchev–Trinajstić information content (AvgIpc) is 2.67. The van der Waals surface area contributed by atoms with Gasteiger partial charge < -0.3 is 10.1 Å². The van der Waals surface area contributed by atoms with E-state index in [0.29, 0.717) is 25.1 Å². The van der Waals surface area contributed by atoms with Crippen LogP contribution in [0.4, 0.5) is 0 Å². The zero-order chi connectivity index (χ0) is 18.8. The Morgan fingerprint density at radius 2 is 1.77 bits per heavy atom. The Balaban J connectivity index is 1.78. The van der Waals surface area contributed by atoms with E-state index in [4.69, 9.17) is 9.94 Å². The van der Waals surface area contributed by atoms with E-state index in [-0.39, 0.29) is 12.5 Å². The molecule has 0 heterocycles. The molecule has 0 bridgehead atoms. The number of nitrogens with one attached hydrogen (secondary N) is 2. The smallest absolute Gasteiger partial charge is 0.251 e. The molecule has 2 amide bonds. The maximum atomic E-state index is 12.1. The van der Waals surface area contributed by atoms with Gasteiger partial charge >= 0.3 is 0 Å². The van der Waals surface area contributed by atoms with Gasteiger partial charge in [0.1, 0.15) is 0 Å². The van der Waals surface area contributed by atoms with Crippen LogP contribution in [0.15, 0.2) is 54.6 Å². The summed E-state index contributed by atoms with van der Waals surface area (Å²) in [5, 5.41) is 11.7. The molecule has 0 spiro atoms. The van der Waals surface area contributed by atoms with Crippen LogP contribution in [0.3, 0.4) is 0 Å². The van der Waals surface area contributed by atoms with E-state index in [1.54, 1.807) is 17.6 Å². The highest BCUT2D eigenvalue weighted by atomic mass is 16.5. The van der Waals surface area contributed by atoms with Crippen molar-refractivity contribution in [3.8, 4) is 0 Å². The van der Waals surface area contributed by atoms with Crippen LogP contribution in [0.25, 0.3) is 0 Å². The predicted octanol–water partition coefficient (Wildman–Crippen LogP) is 2.45. The monoisotopic (exact) mass is 356 g/mol. The molecule has 2 aromatic rings. The fourth-order valence-corrected chi connectivity index (χ4v) is 2.44. The van der Waals surface area contributed by atoms with Crippen LogP contribution >= 0.6 is 0 Å². The first-order valence-electron chi connectivity index (χ1n) is 8.50. The number of hydroxylamine groups is 1. The normalized spacial score (nSPS) is 11.6. The minimum absolute atomic E-state index is 0.154. The largest absolute Gasteiger partial charge is 0.376 e. The van der Waals surface area contributed by atoms with E-state index >= 15 is 0 Å². The SMILES string of the molecule is Cc1ccc(C(=O)NCCC(COCc2ccccc2)C(=O)NO)cc1. The molecule has 0 aliphatic heterocycles. The molecular formula is C20H24N2O4. The van der Waals surface area contributed by atoms with Crippen LogP contribution in [-0.2, 0) is 16.1 Å². The van der Waals surface area contributed by atoms with E-state index in [0.717, 1.165) is 11.1 Å². The highest BCUT2D eigenvalue weighted by Gasteiger charge is 2.18. The van der Waals surface area contributed by atoms with Crippen molar-refractivity contribution in [2.45, 2.75) is 20.0 Å². The number of carbonyl (C=O) groups excluding carboxylic acids is 2. The number of hydrogen-bond acceptors (Lipinski definition) is 4. The van der Waals surface area contributed by atoms with E-state index in [1.807, 2.05) is 49.4 Å². The molecular weight excluding hydrogens is 332 g/mol. The lowest BCUT2D eigenvalue weighted by molar-refractivity contribution is -0.135. The Morgan fingerprint density at radius 3 is 2.42 bits per heavy atom. The molecule has 0 aliphatic rings. The highest BCUT2D eigenvalue weighted by molar-refractivity contribution is 5.94. The van der Waals surface area contributed by atoms with Gasteiger partial charge in [0.15, 0.2) is 0 Å². The lowest BCUT2D eigenvalue weighted by Crippen LogP contribution is -2.34. The molecule has 2 aromatic carbocycles. The predicted molar refractivity (Wildman–Crippen MR) is 97.6 cm³/mol. The van der Waals surface area contributed by atoms with Gasteiger partial charge in [0.05, 0.1) is 19.1 Å². The Hall–Kier alpha value is -2.70. The molecule has 6 nitrogen and oxygen atoms in total. The van der Waals surface area contributed by atoms with Crippen molar-refractivity contribution < 1.29 is 19.5 Å². The summed E-state index contributed by atoms with van der Waals surface area (Å²) in [6.07, 6.45) is 0.360. The summed E-state index contributed by atoms with van der Waals surface area (Å²) < 4.78 is 5.58. The van der Waals surface area contributed by atoms with Crippen LogP contribution in [0.5, 0.6) is 0 Å². The van der Waals surface area contributed by atoms with Crippen LogP contribution in [0.2, 0.25) is 0 Å². The number of amides is 2. The average molecular weight is 356 g/mol. The zero-order valence-corrected chi connectivity index (χ0v) is 14.8. The summed E-state index contributed by atoms with van der Waals surface area (Å²) >= 11 is 0. The molecule has 0 aliphatic carbocycles. The lowest BCUT2D eigenvalue weighted by atomic mass is 10.1. The second-order valence-corrected chi connectivity index (χ2v) is 6.08. The van der Waals surface area contributed by atoms with Gasteiger partial charge in [0.2, 0.25) is 5.91 Å². The topological polar surface area (TPSA) is 87.7 Å². The molecule has 26 heavy (non-hydrogen) atoms. The molecule has 0 saturated carbocycles. The third-order valence-electron chi connectivity index (χ3n) is 4.00. The number of benzene rings is 2. The first-order valence-corrected chi connectivity index (χ1v) is 8.50. The van der Waals surface area contributed by atoms with Crippen LogP contribution in [0.1, 0.15) is 27.9 Å². The molecule has 0 aromatic heterocycles. The summed E-state index contributed by atoms with van der Waals surface area (Å²) in [4.78, 5) is 23.9. The van der Waals surface area contributed by atoms with E-state index in [9.17, 15) is 9.59 Å². The zero-order valence-electron chi connectivity index (χ0n) is 14.8. The molecule has 1 unspecified atom stereocenters. The Labute approximate surface area is 153 Å². The van der Waals surface area contributed by atoms with Gasteiger partial charge in [0, 0.05) is 12.1 Å². The fourth-order valence-electron chi connectivity index (χ4n) is 2.44. The number of hydrogen-bond donors (Lipinski definition) is 3. The number of ether oxygens (including phenoxy) is 1. The Bertz CT molecular complexity index is 702. The minimum Gasteiger partial charge on any atom is -0.376 e. The van der Waals surface area contributed by atoms with Crippen molar-refractivity contribution in [2.75, 3.05) is 13.2 Å². The maximum Gasteiger partial charge on any atom is 0.251 e. The summed E-state index contributed by atoms with van der Waals surface area (Å²) in [6, 6.07) is 16.9. The molecule has 0 radical (unpaired) electrons. The van der Waals surface area contributed by atoms with Crippen molar-refractivity contribution in [1.82, 2.24) is 10.8 Å². The molecule has 6 heteroatoms. The second kappa shape index (κ2) is 10.3. The Morgan fingerprint density at radius 1 is 1.08 bits per heavy atom. The lowest BCUT2D eigenvalue weighted by Gasteiger charge is -2.15. The van der Waals surface area contributed by atoms with Gasteiger partial charge in [-0.1, -0.05) is 48.0 Å². The quantitative estimate of drug-likeness (QED) is 0.476. The minimum atomic E-state index is -0.554. The number of aryl methyl sites for hydroxylation is 1. The molecule has 138 valence electrons. The summed E-state index contributed by atoms with van der Waals surface area (Å²) in [5.41, 5.74) is 4.31. The molecule has 1 atom stereocenters. The van der Waals surface area contributed by atoms with Crippen LogP contribution in [-0.4, -0.2) is 30.2 Å². The van der Waals surface area contributed by atoms with Crippen molar-refractivity contribution in [3.05, 3.63) is 71.3 Å². The van der Waals surface area contributed by atoms with Crippen molar-refractivity contribution in [2.24, 2.45) is 5.92 Å². The first-order chi connectivity index (χ1) is 12.6. The van der Waals surface area contributed by atoms with Gasteiger partial charge in [-0.25, -0.2) is 5.48 Å². The summed E-state index contributed by atoms with van der Waals surface area (Å²) in [6.45, 7) is 2.79. The number of rotatable bonds is 9. The molecule has 3 N–H and O–H groups in total.